The van der Waals surface area contributed by atoms with Gasteiger partial charge < -0.3 is 15.0 Å². The van der Waals surface area contributed by atoms with Gasteiger partial charge in [-0.05, 0) is 30.8 Å². The molecule has 1 unspecified atom stereocenters. The molecule has 18 heavy (non-hydrogen) atoms. The molecule has 1 amide bonds. The summed E-state index contributed by atoms with van der Waals surface area (Å²) in [7, 11) is 3.46. The highest BCUT2D eigenvalue weighted by atomic mass is 32.1. The van der Waals surface area contributed by atoms with E-state index in [-0.39, 0.29) is 5.91 Å². The molecule has 1 aliphatic heterocycles. The van der Waals surface area contributed by atoms with Crippen LogP contribution in [0.15, 0.2) is 11.4 Å². The van der Waals surface area contributed by atoms with Crippen LogP contribution in [0, 0.1) is 0 Å². The monoisotopic (exact) mass is 268 g/mol. The van der Waals surface area contributed by atoms with Gasteiger partial charge in [-0.3, -0.25) is 4.79 Å². The van der Waals surface area contributed by atoms with Gasteiger partial charge >= 0.3 is 0 Å². The number of hydrogen-bond donors (Lipinski definition) is 1. The molecule has 0 aromatic carbocycles. The molecule has 4 nitrogen and oxygen atoms in total. The van der Waals surface area contributed by atoms with Gasteiger partial charge in [-0.15, -0.1) is 11.3 Å². The lowest BCUT2D eigenvalue weighted by atomic mass is 10.0. The number of nitrogens with one attached hydrogen (secondary N) is 1. The summed E-state index contributed by atoms with van der Waals surface area (Å²) in [6.45, 7) is 1.83. The number of rotatable bonds is 4. The third-order valence-electron chi connectivity index (χ3n) is 3.30. The van der Waals surface area contributed by atoms with E-state index >= 15 is 0 Å². The van der Waals surface area contributed by atoms with Crippen molar-refractivity contribution in [2.75, 3.05) is 27.2 Å². The van der Waals surface area contributed by atoms with E-state index in [2.05, 4.69) is 5.32 Å². The van der Waals surface area contributed by atoms with Gasteiger partial charge in [0.15, 0.2) is 0 Å². The van der Waals surface area contributed by atoms with E-state index in [1.54, 1.807) is 12.0 Å². The fourth-order valence-electron chi connectivity index (χ4n) is 2.28. The number of piperidine rings is 1. The molecule has 2 heterocycles. The molecule has 1 aromatic heterocycles. The van der Waals surface area contributed by atoms with Crippen LogP contribution in [-0.4, -0.2) is 44.1 Å². The SMILES string of the molecule is COc1ccsc1C(=O)N(C)CC1CCCCN1. The zero-order chi connectivity index (χ0) is 13.0. The van der Waals surface area contributed by atoms with Crippen LogP contribution in [0.2, 0.25) is 0 Å². The number of carbonyl (C=O) groups excluding carboxylic acids is 1. The van der Waals surface area contributed by atoms with Crippen LogP contribution >= 0.6 is 11.3 Å². The van der Waals surface area contributed by atoms with Crippen molar-refractivity contribution in [3.63, 3.8) is 0 Å². The van der Waals surface area contributed by atoms with Gasteiger partial charge in [0.05, 0.1) is 7.11 Å². The summed E-state index contributed by atoms with van der Waals surface area (Å²) >= 11 is 1.44. The zero-order valence-corrected chi connectivity index (χ0v) is 11.8. The summed E-state index contributed by atoms with van der Waals surface area (Å²) in [6, 6.07) is 2.27. The molecule has 1 N–H and O–H groups in total. The summed E-state index contributed by atoms with van der Waals surface area (Å²) in [5.74, 6) is 0.725. The molecule has 0 spiro atoms. The number of carbonyl (C=O) groups is 1. The normalized spacial score (nSPS) is 19.6. The number of likely N-dealkylation sites (N-methyl/N-ethyl adjacent to an activating group) is 1. The lowest BCUT2D eigenvalue weighted by molar-refractivity contribution is 0.0777. The maximum absolute atomic E-state index is 12.3. The van der Waals surface area contributed by atoms with Crippen LogP contribution in [-0.2, 0) is 0 Å². The predicted molar refractivity (Wildman–Crippen MR) is 73.5 cm³/mol. The third kappa shape index (κ3) is 3.03. The van der Waals surface area contributed by atoms with Crippen LogP contribution in [0.5, 0.6) is 5.75 Å². The summed E-state index contributed by atoms with van der Waals surface area (Å²) in [5, 5.41) is 5.34. The molecule has 1 aliphatic rings. The van der Waals surface area contributed by atoms with Crippen molar-refractivity contribution in [2.24, 2.45) is 0 Å². The minimum atomic E-state index is 0.0502. The standard InChI is InChI=1S/C13H20N2O2S/c1-15(9-10-5-3-4-7-14-10)13(16)12-11(17-2)6-8-18-12/h6,8,10,14H,3-5,7,9H2,1-2H3. The number of ether oxygens (including phenoxy) is 1. The van der Waals surface area contributed by atoms with Crippen molar-refractivity contribution in [3.05, 3.63) is 16.3 Å². The highest BCUT2D eigenvalue weighted by Gasteiger charge is 2.21. The number of hydrogen-bond acceptors (Lipinski definition) is 4. The van der Waals surface area contributed by atoms with Crippen molar-refractivity contribution < 1.29 is 9.53 Å². The largest absolute Gasteiger partial charge is 0.495 e. The molecule has 0 radical (unpaired) electrons. The van der Waals surface area contributed by atoms with Crippen molar-refractivity contribution in [3.8, 4) is 5.75 Å². The lowest BCUT2D eigenvalue weighted by Gasteiger charge is -2.28. The number of thiophene rings is 1. The maximum Gasteiger partial charge on any atom is 0.267 e. The van der Waals surface area contributed by atoms with Gasteiger partial charge in [-0.1, -0.05) is 6.42 Å². The van der Waals surface area contributed by atoms with Crippen LogP contribution in [0.1, 0.15) is 28.9 Å². The minimum Gasteiger partial charge on any atom is -0.495 e. The Bertz CT molecular complexity index is 399. The van der Waals surface area contributed by atoms with E-state index in [1.165, 1.54) is 24.2 Å². The van der Waals surface area contributed by atoms with Gasteiger partial charge in [0, 0.05) is 19.6 Å². The Morgan fingerprint density at radius 2 is 2.44 bits per heavy atom. The van der Waals surface area contributed by atoms with E-state index in [4.69, 9.17) is 4.74 Å². The van der Waals surface area contributed by atoms with Crippen LogP contribution in [0.25, 0.3) is 0 Å². The average molecular weight is 268 g/mol. The summed E-state index contributed by atoms with van der Waals surface area (Å²) in [6.07, 6.45) is 3.65. The molecule has 1 atom stereocenters. The first kappa shape index (κ1) is 13.4. The summed E-state index contributed by atoms with van der Waals surface area (Å²) in [5.41, 5.74) is 0. The number of methoxy groups -OCH3 is 1. The van der Waals surface area contributed by atoms with E-state index in [0.29, 0.717) is 16.7 Å². The topological polar surface area (TPSA) is 41.6 Å². The molecule has 1 aromatic rings. The second-order valence-corrected chi connectivity index (χ2v) is 5.57. The third-order valence-corrected chi connectivity index (χ3v) is 4.18. The second kappa shape index (κ2) is 6.20. The van der Waals surface area contributed by atoms with Crippen LogP contribution < -0.4 is 10.1 Å². The Kier molecular flexibility index (Phi) is 4.60. The van der Waals surface area contributed by atoms with Crippen LogP contribution in [0.4, 0.5) is 0 Å². The van der Waals surface area contributed by atoms with E-state index in [9.17, 15) is 4.79 Å². The molecular formula is C13H20N2O2S. The molecular weight excluding hydrogens is 248 g/mol. The van der Waals surface area contributed by atoms with E-state index < -0.39 is 0 Å². The summed E-state index contributed by atoms with van der Waals surface area (Å²) in [4.78, 5) is 14.8. The molecule has 100 valence electrons. The first-order chi connectivity index (χ1) is 8.72. The molecule has 0 saturated carbocycles. The fraction of sp³-hybridized carbons (Fsp3) is 0.615. The average Bonchev–Trinajstić information content (AvgIpc) is 2.87. The predicted octanol–water partition coefficient (Wildman–Crippen LogP) is 1.97. The fourth-order valence-corrected chi connectivity index (χ4v) is 3.13. The van der Waals surface area contributed by atoms with Crippen molar-refractivity contribution in [2.45, 2.75) is 25.3 Å². The first-order valence-electron chi connectivity index (χ1n) is 6.32. The Morgan fingerprint density at radius 1 is 1.61 bits per heavy atom. The first-order valence-corrected chi connectivity index (χ1v) is 7.20. The molecule has 1 saturated heterocycles. The van der Waals surface area contributed by atoms with Crippen molar-refractivity contribution >= 4 is 17.2 Å². The molecule has 0 aliphatic carbocycles. The van der Waals surface area contributed by atoms with Gasteiger partial charge in [-0.25, -0.2) is 0 Å². The maximum atomic E-state index is 12.3. The quantitative estimate of drug-likeness (QED) is 0.908. The Morgan fingerprint density at radius 3 is 3.11 bits per heavy atom. The van der Waals surface area contributed by atoms with E-state index in [1.807, 2.05) is 18.5 Å². The highest BCUT2D eigenvalue weighted by Crippen LogP contribution is 2.25. The molecule has 5 heteroatoms. The zero-order valence-electron chi connectivity index (χ0n) is 10.9. The van der Waals surface area contributed by atoms with Gasteiger partial charge in [0.25, 0.3) is 5.91 Å². The molecule has 1 fully saturated rings. The second-order valence-electron chi connectivity index (χ2n) is 4.65. The van der Waals surface area contributed by atoms with Gasteiger partial charge in [-0.2, -0.15) is 0 Å². The number of nitrogens with zero attached hydrogens (tertiary/aromatic N) is 1. The van der Waals surface area contributed by atoms with E-state index in [0.717, 1.165) is 19.5 Å². The Labute approximate surface area is 112 Å². The van der Waals surface area contributed by atoms with Crippen molar-refractivity contribution in [1.29, 1.82) is 0 Å². The molecule has 0 bridgehead atoms. The Hall–Kier alpha value is -1.07. The summed E-state index contributed by atoms with van der Waals surface area (Å²) < 4.78 is 5.19. The smallest absolute Gasteiger partial charge is 0.267 e. The highest BCUT2D eigenvalue weighted by molar-refractivity contribution is 7.12. The molecule has 2 rings (SSSR count). The van der Waals surface area contributed by atoms with Crippen molar-refractivity contribution in [1.82, 2.24) is 10.2 Å². The Balaban J connectivity index is 1.95. The van der Waals surface area contributed by atoms with Crippen LogP contribution in [0.3, 0.4) is 0 Å². The van der Waals surface area contributed by atoms with Gasteiger partial charge in [0.2, 0.25) is 0 Å². The van der Waals surface area contributed by atoms with Gasteiger partial charge in [0.1, 0.15) is 10.6 Å². The minimum absolute atomic E-state index is 0.0502. The number of amides is 1. The lowest BCUT2D eigenvalue weighted by Crippen LogP contribution is -2.44.